The molecule has 1 aliphatic heterocycles. The van der Waals surface area contributed by atoms with E-state index in [0.29, 0.717) is 13.2 Å². The number of morpholine rings is 1. The second-order valence-electron chi connectivity index (χ2n) is 4.13. The molecule has 0 aromatic heterocycles. The third kappa shape index (κ3) is 5.04. The molecule has 2 unspecified atom stereocenters. The number of hydrogen-bond acceptors (Lipinski definition) is 5. The number of nitrogens with one attached hydrogen (secondary N) is 1. The van der Waals surface area contributed by atoms with Gasteiger partial charge in [0.2, 0.25) is 5.91 Å². The van der Waals surface area contributed by atoms with E-state index in [-0.39, 0.29) is 13.0 Å². The number of methoxy groups -OCH3 is 1. The minimum Gasteiger partial charge on any atom is -0.469 e. The molecule has 19 heavy (non-hydrogen) atoms. The Hall–Kier alpha value is -1.34. The van der Waals surface area contributed by atoms with Gasteiger partial charge in [-0.2, -0.15) is 0 Å². The highest BCUT2D eigenvalue weighted by atomic mass is 35.5. The summed E-state index contributed by atoms with van der Waals surface area (Å²) in [6, 6.07) is -0.532. The van der Waals surface area contributed by atoms with Crippen LogP contribution in [0.15, 0.2) is 0 Å². The summed E-state index contributed by atoms with van der Waals surface area (Å²) in [5, 5.41) is 1.40. The van der Waals surface area contributed by atoms with Crippen molar-refractivity contribution in [1.29, 1.82) is 0 Å². The lowest BCUT2D eigenvalue weighted by Gasteiger charge is -2.32. The van der Waals surface area contributed by atoms with Crippen molar-refractivity contribution in [1.82, 2.24) is 10.2 Å². The van der Waals surface area contributed by atoms with Gasteiger partial charge < -0.3 is 14.4 Å². The maximum atomic E-state index is 11.8. The number of amides is 3. The Bertz CT molecular complexity index is 361. The number of alkyl halides is 1. The SMILES string of the molecule is COC(=O)CC1CN(C(=O)NC(=O)C(C)Cl)CCO1. The first-order valence-electron chi connectivity index (χ1n) is 5.86. The maximum Gasteiger partial charge on any atom is 0.324 e. The average Bonchev–Trinajstić information content (AvgIpc) is 2.38. The van der Waals surface area contributed by atoms with Gasteiger partial charge in [-0.15, -0.1) is 11.6 Å². The van der Waals surface area contributed by atoms with Gasteiger partial charge >= 0.3 is 12.0 Å². The van der Waals surface area contributed by atoms with Gasteiger partial charge in [0.25, 0.3) is 0 Å². The number of halogens is 1. The Balaban J connectivity index is 2.47. The molecule has 0 spiro atoms. The number of urea groups is 1. The molecule has 1 saturated heterocycles. The monoisotopic (exact) mass is 292 g/mol. The lowest BCUT2D eigenvalue weighted by atomic mass is 10.2. The molecule has 0 saturated carbocycles. The fraction of sp³-hybridized carbons (Fsp3) is 0.727. The van der Waals surface area contributed by atoms with E-state index in [0.717, 1.165) is 0 Å². The number of esters is 1. The van der Waals surface area contributed by atoms with Crippen LogP contribution >= 0.6 is 11.6 Å². The van der Waals surface area contributed by atoms with Crippen molar-refractivity contribution in [2.24, 2.45) is 0 Å². The van der Waals surface area contributed by atoms with Gasteiger partial charge in [-0.25, -0.2) is 4.79 Å². The standard InChI is InChI=1S/C11H17ClN2O5/c1-7(12)10(16)13-11(17)14-3-4-19-8(6-14)5-9(15)18-2/h7-8H,3-6H2,1-2H3,(H,13,16,17). The minimum atomic E-state index is -0.782. The van der Waals surface area contributed by atoms with E-state index in [1.165, 1.54) is 18.9 Å². The van der Waals surface area contributed by atoms with Crippen LogP contribution in [0.5, 0.6) is 0 Å². The van der Waals surface area contributed by atoms with Crippen molar-refractivity contribution in [3.63, 3.8) is 0 Å². The number of carbonyl (C=O) groups is 3. The van der Waals surface area contributed by atoms with E-state index in [1.54, 1.807) is 0 Å². The van der Waals surface area contributed by atoms with E-state index in [9.17, 15) is 14.4 Å². The van der Waals surface area contributed by atoms with Gasteiger partial charge in [0.05, 0.1) is 26.2 Å². The van der Waals surface area contributed by atoms with Gasteiger partial charge in [0.1, 0.15) is 5.38 Å². The molecule has 1 aliphatic rings. The Labute approximate surface area is 116 Å². The Morgan fingerprint density at radius 2 is 2.21 bits per heavy atom. The first-order chi connectivity index (χ1) is 8.93. The second kappa shape index (κ2) is 7.30. The number of imide groups is 1. The first-order valence-corrected chi connectivity index (χ1v) is 6.30. The van der Waals surface area contributed by atoms with Crippen LogP contribution in [0.4, 0.5) is 4.79 Å². The van der Waals surface area contributed by atoms with Crippen LogP contribution in [0.3, 0.4) is 0 Å². The molecule has 1 heterocycles. The summed E-state index contributed by atoms with van der Waals surface area (Å²) in [5.41, 5.74) is 0. The molecule has 8 heteroatoms. The quantitative estimate of drug-likeness (QED) is 0.590. The highest BCUT2D eigenvalue weighted by Crippen LogP contribution is 2.09. The molecule has 0 bridgehead atoms. The van der Waals surface area contributed by atoms with Crippen molar-refractivity contribution in [3.8, 4) is 0 Å². The molecule has 1 rings (SSSR count). The first kappa shape index (κ1) is 15.7. The summed E-state index contributed by atoms with van der Waals surface area (Å²) in [5.74, 6) is -0.958. The summed E-state index contributed by atoms with van der Waals surface area (Å²) in [6.07, 6.45) is -0.351. The van der Waals surface area contributed by atoms with E-state index in [1.807, 2.05) is 0 Å². The highest BCUT2D eigenvalue weighted by molar-refractivity contribution is 6.31. The average molecular weight is 293 g/mol. The van der Waals surface area contributed by atoms with Gasteiger partial charge in [0, 0.05) is 13.1 Å². The number of carbonyl (C=O) groups excluding carboxylic acids is 3. The van der Waals surface area contributed by atoms with Crippen LogP contribution in [0.2, 0.25) is 0 Å². The fourth-order valence-electron chi connectivity index (χ4n) is 1.58. The largest absolute Gasteiger partial charge is 0.469 e. The van der Waals surface area contributed by atoms with Crippen LogP contribution in [0.25, 0.3) is 0 Å². The predicted molar refractivity (Wildman–Crippen MR) is 66.8 cm³/mol. The Morgan fingerprint density at radius 3 is 2.79 bits per heavy atom. The van der Waals surface area contributed by atoms with E-state index >= 15 is 0 Å². The number of nitrogens with zero attached hydrogens (tertiary/aromatic N) is 1. The van der Waals surface area contributed by atoms with Crippen LogP contribution in [-0.4, -0.2) is 61.1 Å². The van der Waals surface area contributed by atoms with Crippen molar-refractivity contribution < 1.29 is 23.9 Å². The van der Waals surface area contributed by atoms with Crippen LogP contribution in [0, 0.1) is 0 Å². The summed E-state index contributed by atoms with van der Waals surface area (Å²) >= 11 is 5.56. The summed E-state index contributed by atoms with van der Waals surface area (Å²) in [7, 11) is 1.29. The molecule has 1 fully saturated rings. The number of hydrogen-bond donors (Lipinski definition) is 1. The maximum absolute atomic E-state index is 11.8. The molecule has 108 valence electrons. The zero-order valence-electron chi connectivity index (χ0n) is 10.8. The highest BCUT2D eigenvalue weighted by Gasteiger charge is 2.27. The van der Waals surface area contributed by atoms with E-state index < -0.39 is 29.4 Å². The summed E-state index contributed by atoms with van der Waals surface area (Å²) < 4.78 is 9.88. The van der Waals surface area contributed by atoms with Crippen molar-refractivity contribution in [2.45, 2.75) is 24.8 Å². The normalized spacial score (nSPS) is 20.6. The third-order valence-corrected chi connectivity index (χ3v) is 2.84. The second-order valence-corrected chi connectivity index (χ2v) is 4.78. The van der Waals surface area contributed by atoms with Crippen molar-refractivity contribution >= 4 is 29.5 Å². The van der Waals surface area contributed by atoms with Crippen LogP contribution in [0.1, 0.15) is 13.3 Å². The molecule has 0 aromatic rings. The smallest absolute Gasteiger partial charge is 0.324 e. The third-order valence-electron chi connectivity index (χ3n) is 2.64. The molecule has 3 amide bonds. The molecule has 0 radical (unpaired) electrons. The summed E-state index contributed by atoms with van der Waals surface area (Å²) in [6.45, 7) is 2.36. The van der Waals surface area contributed by atoms with E-state index in [4.69, 9.17) is 16.3 Å². The van der Waals surface area contributed by atoms with Crippen LogP contribution in [-0.2, 0) is 19.1 Å². The lowest BCUT2D eigenvalue weighted by molar-refractivity contribution is -0.145. The van der Waals surface area contributed by atoms with Gasteiger partial charge in [-0.3, -0.25) is 14.9 Å². The minimum absolute atomic E-state index is 0.0696. The molecular formula is C11H17ClN2O5. The van der Waals surface area contributed by atoms with Gasteiger partial charge in [-0.1, -0.05) is 0 Å². The Morgan fingerprint density at radius 1 is 1.53 bits per heavy atom. The number of ether oxygens (including phenoxy) is 2. The molecule has 2 atom stereocenters. The van der Waals surface area contributed by atoms with Crippen LogP contribution < -0.4 is 5.32 Å². The van der Waals surface area contributed by atoms with Gasteiger partial charge in [0.15, 0.2) is 0 Å². The van der Waals surface area contributed by atoms with E-state index in [2.05, 4.69) is 10.1 Å². The fourth-order valence-corrected chi connectivity index (χ4v) is 1.63. The summed E-state index contributed by atoms with van der Waals surface area (Å²) in [4.78, 5) is 35.6. The number of rotatable bonds is 3. The molecular weight excluding hydrogens is 276 g/mol. The van der Waals surface area contributed by atoms with Gasteiger partial charge in [-0.05, 0) is 6.92 Å². The van der Waals surface area contributed by atoms with Crippen molar-refractivity contribution in [2.75, 3.05) is 26.8 Å². The topological polar surface area (TPSA) is 84.9 Å². The zero-order chi connectivity index (χ0) is 14.4. The zero-order valence-corrected chi connectivity index (χ0v) is 11.6. The molecule has 1 N–H and O–H groups in total. The predicted octanol–water partition coefficient (Wildman–Crippen LogP) is 0.114. The van der Waals surface area contributed by atoms with Crippen molar-refractivity contribution in [3.05, 3.63) is 0 Å². The lowest BCUT2D eigenvalue weighted by Crippen LogP contribution is -2.52. The Kier molecular flexibility index (Phi) is 6.04. The molecule has 0 aromatic carbocycles. The molecule has 0 aliphatic carbocycles. The molecule has 7 nitrogen and oxygen atoms in total.